The Bertz CT molecular complexity index is 691. The maximum Gasteiger partial charge on any atom is 0.138 e. The Morgan fingerprint density at radius 1 is 1.23 bits per heavy atom. The van der Waals surface area contributed by atoms with E-state index in [2.05, 4.69) is 50.9 Å². The molecule has 1 aromatic heterocycles. The molecule has 2 atom stereocenters. The molecule has 4 heteroatoms. The van der Waals surface area contributed by atoms with Crippen LogP contribution in [0.5, 0.6) is 0 Å². The normalized spacial score (nSPS) is 25.6. The highest BCUT2D eigenvalue weighted by molar-refractivity contribution is 6.30. The first kappa shape index (κ1) is 15.7. The van der Waals surface area contributed by atoms with E-state index in [1.54, 1.807) is 0 Å². The predicted octanol–water partition coefficient (Wildman–Crippen LogP) is 2.70. The number of morpholine rings is 1. The van der Waals surface area contributed by atoms with Crippen molar-refractivity contribution in [3.8, 4) is 0 Å². The molecule has 0 unspecified atom stereocenters. The molecule has 0 bridgehead atoms. The van der Waals surface area contributed by atoms with Crippen LogP contribution >= 0.6 is 11.6 Å². The summed E-state index contributed by atoms with van der Waals surface area (Å²) in [5, 5.41) is 1.82. The number of quaternary nitrogens is 1. The van der Waals surface area contributed by atoms with Gasteiger partial charge in [0.15, 0.2) is 0 Å². The van der Waals surface area contributed by atoms with Crippen LogP contribution in [0, 0.1) is 13.8 Å². The van der Waals surface area contributed by atoms with Gasteiger partial charge in [0.05, 0.1) is 5.52 Å². The van der Waals surface area contributed by atoms with Gasteiger partial charge in [0.2, 0.25) is 0 Å². The van der Waals surface area contributed by atoms with E-state index in [9.17, 15) is 0 Å². The predicted molar refractivity (Wildman–Crippen MR) is 90.6 cm³/mol. The first-order valence-electron chi connectivity index (χ1n) is 7.98. The summed E-state index contributed by atoms with van der Waals surface area (Å²) in [4.78, 5) is 6.17. The Kier molecular flexibility index (Phi) is 4.40. The highest BCUT2D eigenvalue weighted by Gasteiger charge is 2.26. The molecule has 0 radical (unpaired) electrons. The number of aromatic nitrogens is 1. The fraction of sp³-hybridized carbons (Fsp3) is 0.500. The van der Waals surface area contributed by atoms with E-state index in [4.69, 9.17) is 16.3 Å². The molecule has 3 rings (SSSR count). The van der Waals surface area contributed by atoms with Crippen molar-refractivity contribution in [2.24, 2.45) is 0 Å². The average Bonchev–Trinajstić information content (AvgIpc) is 2.44. The van der Waals surface area contributed by atoms with E-state index in [1.807, 2.05) is 0 Å². The van der Waals surface area contributed by atoms with E-state index < -0.39 is 0 Å². The zero-order chi connectivity index (χ0) is 15.9. The summed E-state index contributed by atoms with van der Waals surface area (Å²) < 4.78 is 5.81. The second kappa shape index (κ2) is 6.15. The number of nitrogens with one attached hydrogen (secondary N) is 1. The van der Waals surface area contributed by atoms with Crippen LogP contribution in [0.3, 0.4) is 0 Å². The Morgan fingerprint density at radius 3 is 2.59 bits per heavy atom. The van der Waals surface area contributed by atoms with Gasteiger partial charge in [-0.05, 0) is 44.9 Å². The van der Waals surface area contributed by atoms with Crippen LogP contribution in [0.1, 0.15) is 30.5 Å². The highest BCUT2D eigenvalue weighted by Crippen LogP contribution is 2.24. The van der Waals surface area contributed by atoms with Gasteiger partial charge in [0.1, 0.15) is 37.0 Å². The van der Waals surface area contributed by atoms with Crippen molar-refractivity contribution >= 4 is 22.5 Å². The van der Waals surface area contributed by atoms with Crippen molar-refractivity contribution < 1.29 is 9.64 Å². The Labute approximate surface area is 137 Å². The molecule has 0 saturated carbocycles. The van der Waals surface area contributed by atoms with Crippen molar-refractivity contribution in [3.05, 3.63) is 40.0 Å². The molecule has 118 valence electrons. The van der Waals surface area contributed by atoms with Crippen LogP contribution in [0.25, 0.3) is 10.9 Å². The highest BCUT2D eigenvalue weighted by atomic mass is 35.5. The van der Waals surface area contributed by atoms with Gasteiger partial charge in [-0.1, -0.05) is 23.7 Å². The summed E-state index contributed by atoms with van der Waals surface area (Å²) >= 11 is 6.46. The lowest BCUT2D eigenvalue weighted by Gasteiger charge is -2.32. The van der Waals surface area contributed by atoms with Crippen molar-refractivity contribution in [2.45, 2.75) is 46.4 Å². The summed E-state index contributed by atoms with van der Waals surface area (Å²) in [6.07, 6.45) is 0.603. The van der Waals surface area contributed by atoms with Crippen molar-refractivity contribution in [2.75, 3.05) is 13.1 Å². The zero-order valence-electron chi connectivity index (χ0n) is 13.7. The number of nitrogens with zero attached hydrogens (tertiary/aromatic N) is 1. The Hall–Kier alpha value is -1.16. The lowest BCUT2D eigenvalue weighted by Crippen LogP contribution is -3.14. The summed E-state index contributed by atoms with van der Waals surface area (Å²) in [7, 11) is 0. The Balaban J connectivity index is 1.91. The fourth-order valence-corrected chi connectivity index (χ4v) is 3.64. The lowest BCUT2D eigenvalue weighted by atomic mass is 10.0. The third-order valence-corrected chi connectivity index (χ3v) is 4.92. The number of hydrogen-bond acceptors (Lipinski definition) is 2. The molecule has 0 aliphatic carbocycles. The molecule has 1 aliphatic heterocycles. The van der Waals surface area contributed by atoms with Crippen molar-refractivity contribution in [3.63, 3.8) is 0 Å². The quantitative estimate of drug-likeness (QED) is 0.862. The number of ether oxygens (including phenoxy) is 1. The van der Waals surface area contributed by atoms with Gasteiger partial charge < -0.3 is 9.64 Å². The van der Waals surface area contributed by atoms with E-state index in [-0.39, 0.29) is 0 Å². The molecule has 1 aromatic carbocycles. The van der Waals surface area contributed by atoms with Gasteiger partial charge in [0.25, 0.3) is 0 Å². The number of aryl methyl sites for hydroxylation is 2. The van der Waals surface area contributed by atoms with Crippen molar-refractivity contribution in [1.29, 1.82) is 0 Å². The number of hydrogen-bond donors (Lipinski definition) is 1. The van der Waals surface area contributed by atoms with Crippen LogP contribution in [0.2, 0.25) is 5.15 Å². The molecular formula is C18H24ClN2O+. The minimum atomic E-state index is 0.302. The number of benzene rings is 1. The molecule has 1 aliphatic rings. The first-order chi connectivity index (χ1) is 10.4. The minimum absolute atomic E-state index is 0.302. The van der Waals surface area contributed by atoms with E-state index in [1.165, 1.54) is 21.4 Å². The molecule has 2 heterocycles. The molecule has 2 aromatic rings. The largest absolute Gasteiger partial charge is 0.364 e. The van der Waals surface area contributed by atoms with E-state index in [0.29, 0.717) is 17.4 Å². The maximum absolute atomic E-state index is 6.46. The van der Waals surface area contributed by atoms with Gasteiger partial charge in [0, 0.05) is 10.9 Å². The third-order valence-electron chi connectivity index (χ3n) is 4.60. The van der Waals surface area contributed by atoms with E-state index >= 15 is 0 Å². The minimum Gasteiger partial charge on any atom is -0.364 e. The molecule has 1 N–H and O–H groups in total. The SMILES string of the molecule is Cc1ccc2cc(C[NH+]3C[C@@H](C)O[C@H](C)C3)c(Cl)nc2c1C. The zero-order valence-corrected chi connectivity index (χ0v) is 14.5. The number of pyridine rings is 1. The monoisotopic (exact) mass is 319 g/mol. The van der Waals surface area contributed by atoms with Gasteiger partial charge in [-0.3, -0.25) is 0 Å². The summed E-state index contributed by atoms with van der Waals surface area (Å²) in [6, 6.07) is 6.50. The van der Waals surface area contributed by atoms with Gasteiger partial charge >= 0.3 is 0 Å². The van der Waals surface area contributed by atoms with Gasteiger partial charge in [-0.2, -0.15) is 0 Å². The van der Waals surface area contributed by atoms with Crippen LogP contribution in [0.4, 0.5) is 0 Å². The van der Waals surface area contributed by atoms with Crippen LogP contribution in [-0.2, 0) is 11.3 Å². The van der Waals surface area contributed by atoms with E-state index in [0.717, 1.165) is 30.7 Å². The first-order valence-corrected chi connectivity index (χ1v) is 8.36. The number of fused-ring (bicyclic) bond motifs is 1. The number of rotatable bonds is 2. The summed E-state index contributed by atoms with van der Waals surface area (Å²) in [6.45, 7) is 11.4. The molecule has 22 heavy (non-hydrogen) atoms. The average molecular weight is 320 g/mol. The fourth-order valence-electron chi connectivity index (χ4n) is 3.43. The second-order valence-electron chi connectivity index (χ2n) is 6.61. The smallest absolute Gasteiger partial charge is 0.138 e. The van der Waals surface area contributed by atoms with Crippen molar-refractivity contribution in [1.82, 2.24) is 4.98 Å². The summed E-state index contributed by atoms with van der Waals surface area (Å²) in [5.74, 6) is 0. The Morgan fingerprint density at radius 2 is 1.91 bits per heavy atom. The summed E-state index contributed by atoms with van der Waals surface area (Å²) in [5.41, 5.74) is 4.62. The van der Waals surface area contributed by atoms with Crippen LogP contribution in [0.15, 0.2) is 18.2 Å². The van der Waals surface area contributed by atoms with Crippen LogP contribution in [-0.4, -0.2) is 30.3 Å². The standard InChI is InChI=1S/C18H23ClN2O/c1-11-5-6-15-7-16(18(19)20-17(15)14(11)4)10-21-8-12(2)22-13(3)9-21/h5-7,12-13H,8-10H2,1-4H3/p+1/t12-,13-/m1/s1. The topological polar surface area (TPSA) is 26.6 Å². The van der Waals surface area contributed by atoms with Crippen LogP contribution < -0.4 is 4.90 Å². The molecule has 0 amide bonds. The molecule has 1 fully saturated rings. The molecule has 0 spiro atoms. The maximum atomic E-state index is 6.46. The second-order valence-corrected chi connectivity index (χ2v) is 6.97. The lowest BCUT2D eigenvalue weighted by molar-refractivity contribution is -0.928. The van der Waals surface area contributed by atoms with Gasteiger partial charge in [-0.25, -0.2) is 4.98 Å². The number of halogens is 1. The molecular weight excluding hydrogens is 296 g/mol. The third kappa shape index (κ3) is 3.12. The van der Waals surface area contributed by atoms with Gasteiger partial charge in [-0.15, -0.1) is 0 Å². The molecule has 1 saturated heterocycles. The molecule has 3 nitrogen and oxygen atoms in total.